The summed E-state index contributed by atoms with van der Waals surface area (Å²) in [6, 6.07) is 13.8. The minimum absolute atomic E-state index is 0. The molecule has 7 aliphatic heterocycles. The third-order valence-electron chi connectivity index (χ3n) is 16.2. The van der Waals surface area contributed by atoms with E-state index in [0.29, 0.717) is 36.8 Å². The molecule has 0 saturated carbocycles. The van der Waals surface area contributed by atoms with Gasteiger partial charge in [0.05, 0.1) is 6.61 Å². The van der Waals surface area contributed by atoms with Crippen molar-refractivity contribution in [3.63, 3.8) is 0 Å². The Morgan fingerprint density at radius 3 is 1.33 bits per heavy atom. The highest BCUT2D eigenvalue weighted by Gasteiger charge is 2.32. The Bertz CT molecular complexity index is 1620. The largest absolute Gasteiger partial charge is 0.480 e. The number of benzene rings is 1. The Morgan fingerprint density at radius 1 is 0.506 bits per heavy atom. The molecule has 0 aromatic heterocycles. The smallest absolute Gasteiger partial charge is 0.320 e. The number of aliphatic carboxylic acids is 1. The molecule has 5 saturated heterocycles. The van der Waals surface area contributed by atoms with Crippen LogP contribution in [-0.2, 0) is 11.2 Å². The van der Waals surface area contributed by atoms with E-state index >= 15 is 0 Å². The van der Waals surface area contributed by atoms with Crippen molar-refractivity contribution < 1.29 is 15.0 Å². The number of hydrogen-bond donors (Lipinski definition) is 2. The first-order valence-corrected chi connectivity index (χ1v) is 29.2. The number of rotatable bonds is 9. The molecule has 8 aliphatic rings. The lowest BCUT2D eigenvalue weighted by atomic mass is 9.98. The fourth-order valence-electron chi connectivity index (χ4n) is 11.4. The van der Waals surface area contributed by atoms with E-state index in [1.54, 1.807) is 11.1 Å². The van der Waals surface area contributed by atoms with Crippen molar-refractivity contribution in [2.75, 3.05) is 85.1 Å². The molecule has 79 heavy (non-hydrogen) atoms. The summed E-state index contributed by atoms with van der Waals surface area (Å²) in [4.78, 5) is 27.7. The fourth-order valence-corrected chi connectivity index (χ4v) is 11.4. The highest BCUT2D eigenvalue weighted by Crippen LogP contribution is 2.38. The summed E-state index contributed by atoms with van der Waals surface area (Å²) < 4.78 is 0. The molecule has 3 unspecified atom stereocenters. The topological polar surface area (TPSA) is 80.2 Å². The van der Waals surface area contributed by atoms with Crippen LogP contribution in [0.4, 0.5) is 0 Å². The Kier molecular flexibility index (Phi) is 52.7. The number of carbonyl (C=O) groups is 1. The van der Waals surface area contributed by atoms with Crippen LogP contribution >= 0.6 is 0 Å². The molecule has 10 nitrogen and oxygen atoms in total. The SMILES string of the molecule is C.C.C.C.C.C.C.C.CC(C)N1CC=CC1.CC(C)N1CCC2=C(Cc3ccccc32)C1.CC(C)N1CCCC1.CC(C)N1CCCC1C(=O)O.CC(C)N1CCCC1CO.CC(C)N1CCCCC1.CC1CCN(C(C)C)C1. The van der Waals surface area contributed by atoms with E-state index in [0.717, 1.165) is 56.5 Å². The molecule has 2 N–H and O–H groups in total. The maximum absolute atomic E-state index is 10.7. The standard InChI is InChI=1S/C15H19N.C8H15NO2.C8H17NO.2C8H17N.C7H15N.C7H13N.8CH4/c1-11(2)16-8-7-15-13(10-16)9-12-5-3-4-6-14(12)15;1-6(2)9-5-3-4-7(9)8(10)11;1-7(2)9-5-3-4-8(9)6-10;1-7(2)9-5-4-8(3)6-9;1-8(2)9-6-4-3-5-7-9;2*1-7(2)8-5-3-4-6-8;;;;;;;;/h3-6,11H,7-10H2,1-2H3;6-7H,3-5H2,1-2H3,(H,10,11);7-8,10H,3-6H2,1-2H3;7-8H,4-6H2,1-3H3;8H,3-7H2,1-2H3;7H,3-6H2,1-2H3;3-4,7H,5-6H2,1-2H3;8*1H4. The van der Waals surface area contributed by atoms with Crippen LogP contribution in [-0.4, -0.2) is 190 Å². The maximum Gasteiger partial charge on any atom is 0.320 e. The third-order valence-corrected chi connectivity index (χ3v) is 16.2. The molecule has 7 heterocycles. The summed E-state index contributed by atoms with van der Waals surface area (Å²) in [5, 5.41) is 17.7. The van der Waals surface area contributed by atoms with Crippen LogP contribution in [0.2, 0.25) is 0 Å². The van der Waals surface area contributed by atoms with Crippen molar-refractivity contribution >= 4 is 11.5 Å². The fraction of sp³-hybridized carbons (Fsp3) is 0.841. The number of fused-ring (bicyclic) bond motifs is 2. The molecule has 0 spiro atoms. The number of aliphatic hydroxyl groups is 1. The van der Waals surface area contributed by atoms with Crippen molar-refractivity contribution in [2.24, 2.45) is 5.92 Å². The van der Waals surface area contributed by atoms with E-state index in [4.69, 9.17) is 10.2 Å². The molecule has 10 heteroatoms. The van der Waals surface area contributed by atoms with Crippen molar-refractivity contribution in [2.45, 2.75) is 295 Å². The molecule has 3 atom stereocenters. The second-order valence-electron chi connectivity index (χ2n) is 23.9. The van der Waals surface area contributed by atoms with Crippen LogP contribution in [0.15, 0.2) is 42.0 Å². The van der Waals surface area contributed by atoms with Crippen LogP contribution in [0, 0.1) is 5.92 Å². The van der Waals surface area contributed by atoms with E-state index in [9.17, 15) is 4.79 Å². The van der Waals surface area contributed by atoms with E-state index in [1.165, 1.54) is 134 Å². The quantitative estimate of drug-likeness (QED) is 0.233. The summed E-state index contributed by atoms with van der Waals surface area (Å²) in [5.74, 6) is 0.267. The monoisotopic (exact) mass is 1120 g/mol. The number of aliphatic hydroxyl groups excluding tert-OH is 1. The average Bonchev–Trinajstić information content (AvgIpc) is 4.21. The number of carboxylic acids is 1. The van der Waals surface area contributed by atoms with Crippen molar-refractivity contribution in [1.82, 2.24) is 34.3 Å². The van der Waals surface area contributed by atoms with Gasteiger partial charge in [-0.2, -0.15) is 0 Å². The Balaban J connectivity index is -0.000000196. The van der Waals surface area contributed by atoms with Crippen molar-refractivity contribution in [3.05, 3.63) is 53.1 Å². The summed E-state index contributed by atoms with van der Waals surface area (Å²) in [5.41, 5.74) is 6.38. The number of piperidine rings is 1. The van der Waals surface area contributed by atoms with Gasteiger partial charge in [0.15, 0.2) is 0 Å². The van der Waals surface area contributed by atoms with Crippen LogP contribution in [0.1, 0.15) is 245 Å². The van der Waals surface area contributed by atoms with Gasteiger partial charge in [0.25, 0.3) is 0 Å². The van der Waals surface area contributed by atoms with Crippen LogP contribution < -0.4 is 0 Å². The first-order valence-electron chi connectivity index (χ1n) is 29.2. The third kappa shape index (κ3) is 31.4. The zero-order valence-corrected chi connectivity index (χ0v) is 48.8. The Morgan fingerprint density at radius 2 is 0.962 bits per heavy atom. The van der Waals surface area contributed by atoms with Crippen LogP contribution in [0.5, 0.6) is 0 Å². The minimum Gasteiger partial charge on any atom is -0.480 e. The van der Waals surface area contributed by atoms with Gasteiger partial charge in [-0.15, -0.1) is 0 Å². The van der Waals surface area contributed by atoms with Gasteiger partial charge >= 0.3 is 5.97 Å². The van der Waals surface area contributed by atoms with Gasteiger partial charge in [0.2, 0.25) is 0 Å². The molecule has 1 aromatic carbocycles. The molecule has 9 rings (SSSR count). The average molecular weight is 1120 g/mol. The predicted molar refractivity (Wildman–Crippen MR) is 360 cm³/mol. The molecule has 5 fully saturated rings. The van der Waals surface area contributed by atoms with Gasteiger partial charge in [-0.3, -0.25) is 24.4 Å². The number of carboxylic acid groups (broad SMARTS) is 1. The number of hydrogen-bond acceptors (Lipinski definition) is 9. The highest BCUT2D eigenvalue weighted by molar-refractivity contribution is 5.77. The Hall–Kier alpha value is -2.15. The number of likely N-dealkylation sites (tertiary alicyclic amines) is 5. The summed E-state index contributed by atoms with van der Waals surface area (Å²) in [6.45, 7) is 48.6. The first kappa shape index (κ1) is 88.1. The zero-order valence-electron chi connectivity index (χ0n) is 48.8. The molecular formula is C69H145N7O3. The molecule has 1 aromatic rings. The van der Waals surface area contributed by atoms with Gasteiger partial charge in [-0.05, 0) is 242 Å². The van der Waals surface area contributed by atoms with Gasteiger partial charge in [-0.25, -0.2) is 0 Å². The van der Waals surface area contributed by atoms with Gasteiger partial charge in [0, 0.05) is 81.1 Å². The molecule has 0 amide bonds. The van der Waals surface area contributed by atoms with Gasteiger partial charge < -0.3 is 24.9 Å². The second-order valence-corrected chi connectivity index (χ2v) is 23.9. The lowest BCUT2D eigenvalue weighted by Crippen LogP contribution is -2.40. The van der Waals surface area contributed by atoms with Crippen LogP contribution in [0.25, 0.3) is 5.57 Å². The number of nitrogens with zero attached hydrogens (tertiary/aromatic N) is 7. The normalized spacial score (nSPS) is 21.8. The second kappa shape index (κ2) is 47.2. The van der Waals surface area contributed by atoms with Crippen molar-refractivity contribution in [1.29, 1.82) is 0 Å². The molecule has 0 radical (unpaired) electrons. The van der Waals surface area contributed by atoms with Gasteiger partial charge in [-0.1, -0.05) is 109 Å². The lowest BCUT2D eigenvalue weighted by molar-refractivity contribution is -0.142. The van der Waals surface area contributed by atoms with E-state index in [-0.39, 0.29) is 65.5 Å². The lowest BCUT2D eigenvalue weighted by Gasteiger charge is -2.31. The zero-order chi connectivity index (χ0) is 52.6. The van der Waals surface area contributed by atoms with E-state index < -0.39 is 5.97 Å². The molecule has 1 aliphatic carbocycles. The maximum atomic E-state index is 10.7. The van der Waals surface area contributed by atoms with E-state index in [1.807, 2.05) is 18.7 Å². The van der Waals surface area contributed by atoms with Crippen LogP contribution in [0.3, 0.4) is 0 Å². The predicted octanol–water partition coefficient (Wildman–Crippen LogP) is 16.4. The molecular weight excluding hydrogens is 975 g/mol. The molecule has 474 valence electrons. The summed E-state index contributed by atoms with van der Waals surface area (Å²) in [7, 11) is 0. The van der Waals surface area contributed by atoms with Crippen molar-refractivity contribution in [3.8, 4) is 0 Å². The Labute approximate surface area is 497 Å². The van der Waals surface area contributed by atoms with E-state index in [2.05, 4.69) is 156 Å². The van der Waals surface area contributed by atoms with Gasteiger partial charge in [0.1, 0.15) is 6.04 Å². The summed E-state index contributed by atoms with van der Waals surface area (Å²) in [6.07, 6.45) is 19.6. The first-order chi connectivity index (χ1) is 33.7. The highest BCUT2D eigenvalue weighted by atomic mass is 16.4. The molecule has 0 bridgehead atoms. The minimum atomic E-state index is -0.670. The summed E-state index contributed by atoms with van der Waals surface area (Å²) >= 11 is 0.